The minimum absolute atomic E-state index is 0.0302. The molecular formula is C19H16NO4Si. The van der Waals surface area contributed by atoms with Gasteiger partial charge in [0.1, 0.15) is 5.75 Å². The predicted octanol–water partition coefficient (Wildman–Crippen LogP) is 2.79. The Labute approximate surface area is 147 Å². The van der Waals surface area contributed by atoms with Crippen LogP contribution < -0.4 is 19.5 Å². The van der Waals surface area contributed by atoms with Crippen LogP contribution in [0.4, 0.5) is 5.69 Å². The van der Waals surface area contributed by atoms with Crippen LogP contribution in [0.5, 0.6) is 11.5 Å². The van der Waals surface area contributed by atoms with Crippen LogP contribution in [0.25, 0.3) is 0 Å². The van der Waals surface area contributed by atoms with E-state index in [0.717, 1.165) is 10.4 Å². The first-order valence-corrected chi connectivity index (χ1v) is 9.08. The number of methoxy groups -OCH3 is 1. The highest BCUT2D eigenvalue weighted by molar-refractivity contribution is 6.80. The fourth-order valence-electron chi connectivity index (χ4n) is 2.43. The van der Waals surface area contributed by atoms with Crippen LogP contribution in [0.15, 0.2) is 78.9 Å². The third-order valence-electron chi connectivity index (χ3n) is 3.64. The van der Waals surface area contributed by atoms with Crippen molar-refractivity contribution in [3.8, 4) is 11.5 Å². The second-order valence-electron chi connectivity index (χ2n) is 5.26. The molecule has 0 bridgehead atoms. The molecule has 0 spiro atoms. The lowest BCUT2D eigenvalue weighted by Crippen LogP contribution is -2.47. The zero-order valence-electron chi connectivity index (χ0n) is 13.6. The predicted molar refractivity (Wildman–Crippen MR) is 98.2 cm³/mol. The van der Waals surface area contributed by atoms with Gasteiger partial charge < -0.3 is 9.16 Å². The molecule has 0 N–H and O–H groups in total. The van der Waals surface area contributed by atoms with Crippen LogP contribution in [-0.2, 0) is 0 Å². The van der Waals surface area contributed by atoms with E-state index in [4.69, 9.17) is 9.16 Å². The van der Waals surface area contributed by atoms with Crippen LogP contribution in [-0.4, -0.2) is 21.1 Å². The van der Waals surface area contributed by atoms with Crippen molar-refractivity contribution in [1.82, 2.24) is 0 Å². The van der Waals surface area contributed by atoms with Gasteiger partial charge in [-0.1, -0.05) is 60.7 Å². The summed E-state index contributed by atoms with van der Waals surface area (Å²) >= 11 is 0. The lowest BCUT2D eigenvalue weighted by molar-refractivity contribution is -0.384. The van der Waals surface area contributed by atoms with Gasteiger partial charge in [0.2, 0.25) is 0 Å². The van der Waals surface area contributed by atoms with Crippen molar-refractivity contribution < 1.29 is 14.1 Å². The van der Waals surface area contributed by atoms with E-state index in [1.165, 1.54) is 19.2 Å². The third-order valence-corrected chi connectivity index (χ3v) is 5.78. The molecule has 0 atom stereocenters. The van der Waals surface area contributed by atoms with Crippen molar-refractivity contribution in [2.45, 2.75) is 0 Å². The molecule has 0 aliphatic carbocycles. The summed E-state index contributed by atoms with van der Waals surface area (Å²) in [5.74, 6) is 0.846. The largest absolute Gasteiger partial charge is 0.530 e. The van der Waals surface area contributed by atoms with Crippen molar-refractivity contribution in [3.05, 3.63) is 89.0 Å². The first-order chi connectivity index (χ1) is 12.2. The van der Waals surface area contributed by atoms with E-state index in [0.29, 0.717) is 11.5 Å². The van der Waals surface area contributed by atoms with Gasteiger partial charge in [-0.25, -0.2) is 0 Å². The van der Waals surface area contributed by atoms with Gasteiger partial charge in [-0.05, 0) is 16.4 Å². The van der Waals surface area contributed by atoms with Crippen molar-refractivity contribution in [3.63, 3.8) is 0 Å². The highest BCUT2D eigenvalue weighted by Gasteiger charge is 2.23. The van der Waals surface area contributed by atoms with Crippen LogP contribution in [0.1, 0.15) is 0 Å². The number of nitrogens with zero attached hydrogens (tertiary/aromatic N) is 1. The van der Waals surface area contributed by atoms with Gasteiger partial charge >= 0.3 is 9.04 Å². The second kappa shape index (κ2) is 7.63. The average molecular weight is 350 g/mol. The molecule has 0 saturated heterocycles. The molecule has 25 heavy (non-hydrogen) atoms. The summed E-state index contributed by atoms with van der Waals surface area (Å²) < 4.78 is 11.6. The molecule has 6 heteroatoms. The molecule has 125 valence electrons. The fraction of sp³-hybridized carbons (Fsp3) is 0.0526. The number of hydrogen-bond donors (Lipinski definition) is 0. The fourth-order valence-corrected chi connectivity index (χ4v) is 4.38. The number of benzene rings is 3. The van der Waals surface area contributed by atoms with E-state index in [1.54, 1.807) is 6.07 Å². The summed E-state index contributed by atoms with van der Waals surface area (Å²) in [6, 6.07) is 24.3. The molecule has 3 rings (SSSR count). The van der Waals surface area contributed by atoms with E-state index in [2.05, 4.69) is 0 Å². The Morgan fingerprint density at radius 2 is 1.40 bits per heavy atom. The van der Waals surface area contributed by atoms with Gasteiger partial charge in [0.05, 0.1) is 18.1 Å². The van der Waals surface area contributed by atoms with E-state index in [-0.39, 0.29) is 5.69 Å². The molecular weight excluding hydrogens is 334 g/mol. The molecule has 0 aliphatic rings. The monoisotopic (exact) mass is 350 g/mol. The molecule has 0 unspecified atom stereocenters. The quantitative estimate of drug-likeness (QED) is 0.390. The Hall–Kier alpha value is -3.12. The zero-order valence-corrected chi connectivity index (χ0v) is 14.6. The number of ether oxygens (including phenoxy) is 1. The van der Waals surface area contributed by atoms with Gasteiger partial charge in [-0.3, -0.25) is 10.1 Å². The van der Waals surface area contributed by atoms with E-state index in [9.17, 15) is 10.1 Å². The molecule has 0 aromatic heterocycles. The van der Waals surface area contributed by atoms with Crippen LogP contribution in [0.3, 0.4) is 0 Å². The first kappa shape index (κ1) is 16.7. The minimum Gasteiger partial charge on any atom is -0.530 e. The Morgan fingerprint density at radius 1 is 0.840 bits per heavy atom. The second-order valence-corrected chi connectivity index (χ2v) is 7.27. The molecule has 5 nitrogen and oxygen atoms in total. The Kier molecular flexibility index (Phi) is 5.11. The summed E-state index contributed by atoms with van der Waals surface area (Å²) in [6.45, 7) is 0. The van der Waals surface area contributed by atoms with Crippen LogP contribution in [0, 0.1) is 10.1 Å². The molecule has 0 saturated carbocycles. The minimum atomic E-state index is -1.57. The normalized spacial score (nSPS) is 10.5. The number of nitro groups is 1. The first-order valence-electron chi connectivity index (χ1n) is 7.67. The third kappa shape index (κ3) is 3.86. The maximum Gasteiger partial charge on any atom is 0.352 e. The summed E-state index contributed by atoms with van der Waals surface area (Å²) in [7, 11) is -0.0910. The van der Waals surface area contributed by atoms with Crippen molar-refractivity contribution >= 4 is 25.1 Å². The zero-order chi connectivity index (χ0) is 17.6. The SMILES string of the molecule is COc1cc([N+](=O)[O-])ccc1O[Si](c1ccccc1)c1ccccc1. The van der Waals surface area contributed by atoms with Gasteiger partial charge in [0.15, 0.2) is 5.75 Å². The standard InChI is InChI=1S/C19H16NO4Si/c1-23-19-14-15(20(21)22)12-13-18(19)24-25(16-8-4-2-5-9-16)17-10-6-3-7-11-17/h2-14H,1H3. The molecule has 0 amide bonds. The van der Waals surface area contributed by atoms with Crippen molar-refractivity contribution in [2.75, 3.05) is 7.11 Å². The Morgan fingerprint density at radius 3 is 1.88 bits per heavy atom. The lowest BCUT2D eigenvalue weighted by atomic mass is 10.3. The van der Waals surface area contributed by atoms with Gasteiger partial charge in [0, 0.05) is 6.07 Å². The van der Waals surface area contributed by atoms with Crippen LogP contribution >= 0.6 is 0 Å². The van der Waals surface area contributed by atoms with E-state index < -0.39 is 14.0 Å². The highest BCUT2D eigenvalue weighted by atomic mass is 28.3. The number of rotatable bonds is 6. The summed E-state index contributed by atoms with van der Waals surface area (Å²) in [5.41, 5.74) is -0.0302. The topological polar surface area (TPSA) is 61.6 Å². The Balaban J connectivity index is 2.00. The number of hydrogen-bond acceptors (Lipinski definition) is 4. The number of nitro benzene ring substituents is 1. The summed E-state index contributed by atoms with van der Waals surface area (Å²) in [6.07, 6.45) is 0. The van der Waals surface area contributed by atoms with E-state index >= 15 is 0 Å². The molecule has 0 heterocycles. The maximum absolute atomic E-state index is 11.0. The van der Waals surface area contributed by atoms with Gasteiger partial charge in [-0.15, -0.1) is 0 Å². The molecule has 3 aromatic rings. The van der Waals surface area contributed by atoms with Gasteiger partial charge in [0.25, 0.3) is 5.69 Å². The maximum atomic E-state index is 11.0. The highest BCUT2D eigenvalue weighted by Crippen LogP contribution is 2.31. The van der Waals surface area contributed by atoms with Crippen molar-refractivity contribution in [2.24, 2.45) is 0 Å². The summed E-state index contributed by atoms with van der Waals surface area (Å²) in [5, 5.41) is 13.1. The molecule has 0 aliphatic heterocycles. The number of non-ortho nitro benzene ring substituents is 1. The molecule has 1 radical (unpaired) electrons. The molecule has 3 aromatic carbocycles. The van der Waals surface area contributed by atoms with Crippen molar-refractivity contribution in [1.29, 1.82) is 0 Å². The Bertz CT molecular complexity index is 816. The van der Waals surface area contributed by atoms with Gasteiger partial charge in [-0.2, -0.15) is 0 Å². The van der Waals surface area contributed by atoms with Crippen LogP contribution in [0.2, 0.25) is 0 Å². The average Bonchev–Trinajstić information content (AvgIpc) is 2.67. The summed E-state index contributed by atoms with van der Waals surface area (Å²) in [4.78, 5) is 10.5. The molecule has 0 fully saturated rings. The lowest BCUT2D eigenvalue weighted by Gasteiger charge is -2.19. The van der Waals surface area contributed by atoms with E-state index in [1.807, 2.05) is 60.7 Å². The smallest absolute Gasteiger partial charge is 0.352 e.